The predicted molar refractivity (Wildman–Crippen MR) is 87.1 cm³/mol. The van der Waals surface area contributed by atoms with E-state index >= 15 is 0 Å². The smallest absolute Gasteiger partial charge is 0.274 e. The zero-order valence-electron chi connectivity index (χ0n) is 13.4. The Hall–Kier alpha value is -2.63. The van der Waals surface area contributed by atoms with E-state index in [-0.39, 0.29) is 11.9 Å². The van der Waals surface area contributed by atoms with Crippen molar-refractivity contribution in [1.29, 1.82) is 0 Å². The standard InChI is InChI=1S/C18H19N3O3/c22-18(14-12-19-6-7-20-14)21-8-1-3-15(21)13-4-5-16-17(11-13)24-10-2-9-23-16/h4-7,11-12,15H,1-3,8-10H2/t15-/m1/s1. The first-order valence-electron chi connectivity index (χ1n) is 8.29. The molecule has 0 aliphatic carbocycles. The molecular weight excluding hydrogens is 306 g/mol. The first kappa shape index (κ1) is 14.9. The quantitative estimate of drug-likeness (QED) is 0.849. The molecule has 0 radical (unpaired) electrons. The van der Waals surface area contributed by atoms with Crippen LogP contribution in [0.3, 0.4) is 0 Å². The molecule has 1 saturated heterocycles. The molecule has 4 rings (SSSR count). The fourth-order valence-electron chi connectivity index (χ4n) is 3.30. The van der Waals surface area contributed by atoms with Crippen LogP contribution in [0.2, 0.25) is 0 Å². The fraction of sp³-hybridized carbons (Fsp3) is 0.389. The molecule has 6 nitrogen and oxygen atoms in total. The van der Waals surface area contributed by atoms with Gasteiger partial charge in [-0.3, -0.25) is 9.78 Å². The minimum absolute atomic E-state index is 0.0386. The Balaban J connectivity index is 1.61. The molecule has 1 amide bonds. The van der Waals surface area contributed by atoms with Gasteiger partial charge in [0.2, 0.25) is 0 Å². The normalized spacial score (nSPS) is 19.8. The average molecular weight is 325 g/mol. The summed E-state index contributed by atoms with van der Waals surface area (Å²) < 4.78 is 11.5. The molecule has 2 aliphatic rings. The fourth-order valence-corrected chi connectivity index (χ4v) is 3.30. The van der Waals surface area contributed by atoms with Crippen molar-refractivity contribution in [2.75, 3.05) is 19.8 Å². The number of nitrogens with zero attached hydrogens (tertiary/aromatic N) is 3. The molecule has 0 saturated carbocycles. The summed E-state index contributed by atoms with van der Waals surface area (Å²) in [4.78, 5) is 22.8. The van der Waals surface area contributed by atoms with Crippen LogP contribution >= 0.6 is 0 Å². The molecule has 1 aromatic heterocycles. The van der Waals surface area contributed by atoms with Crippen molar-refractivity contribution in [2.24, 2.45) is 0 Å². The lowest BCUT2D eigenvalue weighted by atomic mass is 10.0. The molecule has 0 spiro atoms. The van der Waals surface area contributed by atoms with E-state index in [1.54, 1.807) is 12.4 Å². The lowest BCUT2D eigenvalue weighted by Crippen LogP contribution is -2.31. The van der Waals surface area contributed by atoms with Gasteiger partial charge in [0.1, 0.15) is 5.69 Å². The van der Waals surface area contributed by atoms with Crippen LogP contribution in [0.15, 0.2) is 36.8 Å². The molecular formula is C18H19N3O3. The van der Waals surface area contributed by atoms with Crippen LogP contribution < -0.4 is 9.47 Å². The van der Waals surface area contributed by atoms with Gasteiger partial charge in [-0.15, -0.1) is 0 Å². The SMILES string of the molecule is O=C(c1cnccn1)N1CCC[C@@H]1c1ccc2c(c1)OCCCO2. The van der Waals surface area contributed by atoms with E-state index in [0.717, 1.165) is 42.9 Å². The van der Waals surface area contributed by atoms with Gasteiger partial charge < -0.3 is 14.4 Å². The van der Waals surface area contributed by atoms with Gasteiger partial charge in [-0.1, -0.05) is 6.07 Å². The number of hydrogen-bond donors (Lipinski definition) is 0. The average Bonchev–Trinajstić information content (AvgIpc) is 3.00. The predicted octanol–water partition coefficient (Wildman–Crippen LogP) is 2.62. The lowest BCUT2D eigenvalue weighted by molar-refractivity contribution is 0.0729. The van der Waals surface area contributed by atoms with E-state index in [1.165, 1.54) is 6.20 Å². The van der Waals surface area contributed by atoms with E-state index in [0.29, 0.717) is 18.9 Å². The number of carbonyl (C=O) groups excluding carboxylic acids is 1. The minimum Gasteiger partial charge on any atom is -0.490 e. The van der Waals surface area contributed by atoms with E-state index in [2.05, 4.69) is 9.97 Å². The van der Waals surface area contributed by atoms with E-state index in [9.17, 15) is 4.79 Å². The highest BCUT2D eigenvalue weighted by Crippen LogP contribution is 2.38. The summed E-state index contributed by atoms with van der Waals surface area (Å²) >= 11 is 0. The van der Waals surface area contributed by atoms with Crippen molar-refractivity contribution in [3.05, 3.63) is 48.0 Å². The number of rotatable bonds is 2. The summed E-state index contributed by atoms with van der Waals surface area (Å²) in [6.07, 6.45) is 7.43. The Bertz CT molecular complexity index is 736. The van der Waals surface area contributed by atoms with Crippen molar-refractivity contribution in [3.8, 4) is 11.5 Å². The molecule has 24 heavy (non-hydrogen) atoms. The van der Waals surface area contributed by atoms with Gasteiger partial charge in [0.05, 0.1) is 25.5 Å². The Morgan fingerprint density at radius 2 is 2.00 bits per heavy atom. The van der Waals surface area contributed by atoms with Crippen molar-refractivity contribution in [1.82, 2.24) is 14.9 Å². The zero-order chi connectivity index (χ0) is 16.4. The van der Waals surface area contributed by atoms with Gasteiger partial charge in [-0.05, 0) is 30.5 Å². The van der Waals surface area contributed by atoms with Crippen LogP contribution in [0.5, 0.6) is 11.5 Å². The molecule has 1 atom stereocenters. The molecule has 0 N–H and O–H groups in total. The third-order valence-corrected chi connectivity index (χ3v) is 4.45. The van der Waals surface area contributed by atoms with Crippen molar-refractivity contribution >= 4 is 5.91 Å². The number of aromatic nitrogens is 2. The lowest BCUT2D eigenvalue weighted by Gasteiger charge is -2.25. The van der Waals surface area contributed by atoms with Crippen LogP contribution in [0.25, 0.3) is 0 Å². The summed E-state index contributed by atoms with van der Waals surface area (Å²) in [7, 11) is 0. The van der Waals surface area contributed by atoms with Crippen molar-refractivity contribution in [2.45, 2.75) is 25.3 Å². The Morgan fingerprint density at radius 1 is 1.12 bits per heavy atom. The number of carbonyl (C=O) groups is 1. The van der Waals surface area contributed by atoms with E-state index < -0.39 is 0 Å². The monoisotopic (exact) mass is 325 g/mol. The molecule has 3 heterocycles. The summed E-state index contributed by atoms with van der Waals surface area (Å²) in [6.45, 7) is 2.06. The topological polar surface area (TPSA) is 64.6 Å². The summed E-state index contributed by atoms with van der Waals surface area (Å²) in [6, 6.07) is 6.02. The van der Waals surface area contributed by atoms with E-state index in [1.807, 2.05) is 23.1 Å². The van der Waals surface area contributed by atoms with Crippen molar-refractivity contribution < 1.29 is 14.3 Å². The molecule has 2 aromatic rings. The van der Waals surface area contributed by atoms with Crippen LogP contribution in [-0.4, -0.2) is 40.5 Å². The summed E-state index contributed by atoms with van der Waals surface area (Å²) in [5.74, 6) is 1.47. The second-order valence-corrected chi connectivity index (χ2v) is 6.00. The number of fused-ring (bicyclic) bond motifs is 1. The molecule has 1 fully saturated rings. The largest absolute Gasteiger partial charge is 0.490 e. The number of ether oxygens (including phenoxy) is 2. The zero-order valence-corrected chi connectivity index (χ0v) is 13.4. The molecule has 1 aromatic carbocycles. The van der Waals surface area contributed by atoms with E-state index in [4.69, 9.17) is 9.47 Å². The highest BCUT2D eigenvalue weighted by molar-refractivity contribution is 5.92. The summed E-state index contributed by atoms with van der Waals surface area (Å²) in [5, 5.41) is 0. The molecule has 0 unspecified atom stereocenters. The third kappa shape index (κ3) is 2.79. The van der Waals surface area contributed by atoms with Crippen LogP contribution in [0, 0.1) is 0 Å². The van der Waals surface area contributed by atoms with Crippen LogP contribution in [-0.2, 0) is 0 Å². The van der Waals surface area contributed by atoms with Crippen molar-refractivity contribution in [3.63, 3.8) is 0 Å². The highest BCUT2D eigenvalue weighted by atomic mass is 16.5. The maximum Gasteiger partial charge on any atom is 0.274 e. The highest BCUT2D eigenvalue weighted by Gasteiger charge is 2.32. The number of hydrogen-bond acceptors (Lipinski definition) is 5. The van der Waals surface area contributed by atoms with Crippen LogP contribution in [0.4, 0.5) is 0 Å². The van der Waals surface area contributed by atoms with Gasteiger partial charge in [-0.2, -0.15) is 0 Å². The Labute approximate surface area is 140 Å². The Morgan fingerprint density at radius 3 is 2.83 bits per heavy atom. The minimum atomic E-state index is -0.0716. The number of amides is 1. The Kier molecular flexibility index (Phi) is 4.02. The first-order chi connectivity index (χ1) is 11.8. The number of likely N-dealkylation sites (tertiary alicyclic amines) is 1. The molecule has 0 bridgehead atoms. The second-order valence-electron chi connectivity index (χ2n) is 6.00. The maximum atomic E-state index is 12.7. The molecule has 6 heteroatoms. The number of benzene rings is 1. The first-order valence-corrected chi connectivity index (χ1v) is 8.29. The van der Waals surface area contributed by atoms with Gasteiger partial charge in [0.15, 0.2) is 11.5 Å². The molecule has 124 valence electrons. The van der Waals surface area contributed by atoms with Gasteiger partial charge in [-0.25, -0.2) is 4.98 Å². The second kappa shape index (κ2) is 6.47. The van der Waals surface area contributed by atoms with Gasteiger partial charge in [0, 0.05) is 25.4 Å². The van der Waals surface area contributed by atoms with Gasteiger partial charge in [0.25, 0.3) is 5.91 Å². The van der Waals surface area contributed by atoms with Gasteiger partial charge >= 0.3 is 0 Å². The molecule has 2 aliphatic heterocycles. The third-order valence-electron chi connectivity index (χ3n) is 4.45. The maximum absolute atomic E-state index is 12.7. The summed E-state index contributed by atoms with van der Waals surface area (Å²) in [5.41, 5.74) is 1.47. The van der Waals surface area contributed by atoms with Crippen LogP contribution in [0.1, 0.15) is 41.4 Å².